The molecule has 1 aromatic carbocycles. The van der Waals surface area contributed by atoms with Crippen LogP contribution < -0.4 is 16.0 Å². The molecule has 132 valence electrons. The summed E-state index contributed by atoms with van der Waals surface area (Å²) in [5.74, 6) is -0.733. The highest BCUT2D eigenvalue weighted by molar-refractivity contribution is 6.05. The van der Waals surface area contributed by atoms with E-state index in [2.05, 4.69) is 16.0 Å². The molecule has 0 bridgehead atoms. The number of anilines is 2. The third-order valence-corrected chi connectivity index (χ3v) is 4.30. The number of nitrogens with one attached hydrogen (secondary N) is 3. The topological polar surface area (TPSA) is 83.4 Å². The second kappa shape index (κ2) is 7.48. The molecule has 0 aliphatic carbocycles. The fraction of sp³-hybridized carbons (Fsp3) is 0.333. The van der Waals surface area contributed by atoms with Crippen LogP contribution in [0.3, 0.4) is 0 Å². The van der Waals surface area contributed by atoms with E-state index in [0.29, 0.717) is 17.0 Å². The molecule has 1 fully saturated rings. The monoisotopic (exact) mass is 345 g/mol. The van der Waals surface area contributed by atoms with Gasteiger partial charge in [-0.1, -0.05) is 0 Å². The van der Waals surface area contributed by atoms with E-state index in [1.165, 1.54) is 30.5 Å². The van der Waals surface area contributed by atoms with Gasteiger partial charge in [-0.2, -0.15) is 0 Å². The fourth-order valence-electron chi connectivity index (χ4n) is 2.84. The van der Waals surface area contributed by atoms with E-state index in [9.17, 15) is 14.0 Å². The molecule has 0 atom stereocenters. The second-order valence-corrected chi connectivity index (χ2v) is 6.05. The van der Waals surface area contributed by atoms with Gasteiger partial charge in [-0.25, -0.2) is 4.39 Å². The molecule has 0 radical (unpaired) electrons. The van der Waals surface area contributed by atoms with Gasteiger partial charge in [0.2, 0.25) is 5.91 Å². The molecule has 3 rings (SSSR count). The summed E-state index contributed by atoms with van der Waals surface area (Å²) in [6, 6.07) is 5.63. The Kier molecular flexibility index (Phi) is 5.14. The van der Waals surface area contributed by atoms with E-state index in [1.54, 1.807) is 6.92 Å². The molecule has 7 heteroatoms. The molecule has 2 heterocycles. The smallest absolute Gasteiger partial charge is 0.259 e. The first-order chi connectivity index (χ1) is 12.0. The molecule has 1 saturated heterocycles. The number of halogens is 1. The average Bonchev–Trinajstić information content (AvgIpc) is 3.04. The molecular formula is C18H20FN3O3. The predicted octanol–water partition coefficient (Wildman–Crippen LogP) is 2.92. The van der Waals surface area contributed by atoms with E-state index in [4.69, 9.17) is 4.42 Å². The van der Waals surface area contributed by atoms with Gasteiger partial charge in [0.15, 0.2) is 0 Å². The maximum atomic E-state index is 14.0. The lowest BCUT2D eigenvalue weighted by molar-refractivity contribution is -0.120. The van der Waals surface area contributed by atoms with Crippen LogP contribution in [0.25, 0.3) is 0 Å². The van der Waals surface area contributed by atoms with Crippen molar-refractivity contribution in [2.75, 3.05) is 23.7 Å². The lowest BCUT2D eigenvalue weighted by Gasteiger charge is -2.22. The summed E-state index contributed by atoms with van der Waals surface area (Å²) in [4.78, 5) is 24.5. The Bertz CT molecular complexity index is 782. The van der Waals surface area contributed by atoms with Gasteiger partial charge in [0.25, 0.3) is 5.91 Å². The van der Waals surface area contributed by atoms with E-state index < -0.39 is 11.7 Å². The Labute approximate surface area is 144 Å². The number of benzene rings is 1. The zero-order valence-corrected chi connectivity index (χ0v) is 13.9. The fourth-order valence-corrected chi connectivity index (χ4v) is 2.84. The van der Waals surface area contributed by atoms with Crippen LogP contribution >= 0.6 is 0 Å². The number of carbonyl (C=O) groups is 2. The number of furan rings is 1. The molecular weight excluding hydrogens is 325 g/mol. The van der Waals surface area contributed by atoms with Crippen LogP contribution in [-0.2, 0) is 4.79 Å². The Morgan fingerprint density at radius 3 is 2.64 bits per heavy atom. The summed E-state index contributed by atoms with van der Waals surface area (Å²) >= 11 is 0. The van der Waals surface area contributed by atoms with Crippen molar-refractivity contribution in [3.8, 4) is 0 Å². The molecule has 2 amide bonds. The highest BCUT2D eigenvalue weighted by atomic mass is 19.1. The Hall–Kier alpha value is -2.67. The summed E-state index contributed by atoms with van der Waals surface area (Å²) in [5.41, 5.74) is 0.793. The molecule has 6 nitrogen and oxygen atoms in total. The van der Waals surface area contributed by atoms with Gasteiger partial charge in [0.05, 0.1) is 17.5 Å². The first-order valence-electron chi connectivity index (χ1n) is 8.21. The molecule has 0 unspecified atom stereocenters. The van der Waals surface area contributed by atoms with Crippen molar-refractivity contribution in [1.29, 1.82) is 0 Å². The average molecular weight is 345 g/mol. The van der Waals surface area contributed by atoms with Crippen LogP contribution in [0, 0.1) is 18.7 Å². The number of hydrogen-bond acceptors (Lipinski definition) is 4. The van der Waals surface area contributed by atoms with Crippen molar-refractivity contribution in [2.45, 2.75) is 19.8 Å². The molecule has 1 aromatic heterocycles. The Morgan fingerprint density at radius 1 is 1.20 bits per heavy atom. The number of carbonyl (C=O) groups excluding carboxylic acids is 2. The Morgan fingerprint density at radius 2 is 1.96 bits per heavy atom. The molecule has 1 aliphatic rings. The highest BCUT2D eigenvalue weighted by Crippen LogP contribution is 2.23. The normalized spacial score (nSPS) is 15.0. The standard InChI is InChI=1S/C18H20FN3O3/c1-11-14(6-9-25-11)18(24)22-16-10-13(2-3-15(16)19)21-17(23)12-4-7-20-8-5-12/h2-3,6,9-10,12,20H,4-5,7-8H2,1H3,(H,21,23)(H,22,24). The van der Waals surface area contributed by atoms with Crippen LogP contribution in [0.15, 0.2) is 34.9 Å². The quantitative estimate of drug-likeness (QED) is 0.796. The van der Waals surface area contributed by atoms with Crippen LogP contribution in [0.2, 0.25) is 0 Å². The second-order valence-electron chi connectivity index (χ2n) is 6.05. The van der Waals surface area contributed by atoms with Crippen molar-refractivity contribution in [2.24, 2.45) is 5.92 Å². The predicted molar refractivity (Wildman–Crippen MR) is 92.0 cm³/mol. The molecule has 1 aliphatic heterocycles. The number of aryl methyl sites for hydroxylation is 1. The van der Waals surface area contributed by atoms with Gasteiger partial charge in [-0.05, 0) is 57.1 Å². The highest BCUT2D eigenvalue weighted by Gasteiger charge is 2.21. The SMILES string of the molecule is Cc1occc1C(=O)Nc1cc(NC(=O)C2CCNCC2)ccc1F. The molecule has 25 heavy (non-hydrogen) atoms. The van der Waals surface area contributed by atoms with Crippen molar-refractivity contribution < 1.29 is 18.4 Å². The first-order valence-corrected chi connectivity index (χ1v) is 8.21. The zero-order valence-electron chi connectivity index (χ0n) is 13.9. The summed E-state index contributed by atoms with van der Waals surface area (Å²) < 4.78 is 19.1. The zero-order chi connectivity index (χ0) is 17.8. The van der Waals surface area contributed by atoms with Crippen molar-refractivity contribution >= 4 is 23.2 Å². The van der Waals surface area contributed by atoms with Gasteiger partial charge in [-0.15, -0.1) is 0 Å². The van der Waals surface area contributed by atoms with Crippen LogP contribution in [0.5, 0.6) is 0 Å². The van der Waals surface area contributed by atoms with Crippen molar-refractivity contribution in [1.82, 2.24) is 5.32 Å². The van der Waals surface area contributed by atoms with Gasteiger partial charge in [0.1, 0.15) is 11.6 Å². The van der Waals surface area contributed by atoms with Gasteiger partial charge < -0.3 is 20.4 Å². The largest absolute Gasteiger partial charge is 0.469 e. The number of amides is 2. The molecule has 0 saturated carbocycles. The van der Waals surface area contributed by atoms with E-state index >= 15 is 0 Å². The van der Waals surface area contributed by atoms with E-state index in [-0.39, 0.29) is 17.5 Å². The van der Waals surface area contributed by atoms with Gasteiger partial charge in [-0.3, -0.25) is 9.59 Å². The summed E-state index contributed by atoms with van der Waals surface area (Å²) in [6.07, 6.45) is 2.95. The van der Waals surface area contributed by atoms with E-state index in [0.717, 1.165) is 25.9 Å². The van der Waals surface area contributed by atoms with Crippen LogP contribution in [0.1, 0.15) is 29.0 Å². The van der Waals surface area contributed by atoms with Crippen LogP contribution in [-0.4, -0.2) is 24.9 Å². The third-order valence-electron chi connectivity index (χ3n) is 4.30. The molecule has 2 aromatic rings. The lowest BCUT2D eigenvalue weighted by atomic mass is 9.97. The number of piperidine rings is 1. The summed E-state index contributed by atoms with van der Waals surface area (Å²) in [7, 11) is 0. The van der Waals surface area contributed by atoms with Crippen LogP contribution in [0.4, 0.5) is 15.8 Å². The Balaban J connectivity index is 1.70. The summed E-state index contributed by atoms with van der Waals surface area (Å²) in [5, 5.41) is 8.51. The first kappa shape index (κ1) is 17.2. The van der Waals surface area contributed by atoms with Crippen molar-refractivity contribution in [3.63, 3.8) is 0 Å². The van der Waals surface area contributed by atoms with Crippen molar-refractivity contribution in [3.05, 3.63) is 47.7 Å². The molecule has 3 N–H and O–H groups in total. The maximum absolute atomic E-state index is 14.0. The minimum Gasteiger partial charge on any atom is -0.469 e. The van der Waals surface area contributed by atoms with Gasteiger partial charge >= 0.3 is 0 Å². The van der Waals surface area contributed by atoms with E-state index in [1.807, 2.05) is 0 Å². The minimum atomic E-state index is -0.575. The molecule has 0 spiro atoms. The van der Waals surface area contributed by atoms with Gasteiger partial charge in [0, 0.05) is 11.6 Å². The summed E-state index contributed by atoms with van der Waals surface area (Å²) in [6.45, 7) is 3.28. The number of rotatable bonds is 4. The minimum absolute atomic E-state index is 0.00807. The third kappa shape index (κ3) is 4.06. The maximum Gasteiger partial charge on any atom is 0.259 e. The lowest BCUT2D eigenvalue weighted by Crippen LogP contribution is -2.34. The number of hydrogen-bond donors (Lipinski definition) is 3.